The van der Waals surface area contributed by atoms with E-state index in [1.807, 2.05) is 37.4 Å². The molecule has 0 bridgehead atoms. The molecular formula is C18H17N5OS. The van der Waals surface area contributed by atoms with Gasteiger partial charge in [0.15, 0.2) is 0 Å². The monoisotopic (exact) mass is 351 g/mol. The van der Waals surface area contributed by atoms with E-state index in [0.29, 0.717) is 0 Å². The standard InChI is InChI=1S/C18H17N5OS/c1-19-25-12-6-3-5-11(9-12)22-17-15-13-7-4-8-14(24-2)16(13)23-18(15)21-10-20-17/h3-10,19H,1-2H3,(H2,20,21,22,23). The SMILES string of the molecule is CNSc1cccc(Nc2ncnc3[nH]c4c(OC)cccc4c23)c1. The van der Waals surface area contributed by atoms with Gasteiger partial charge < -0.3 is 15.0 Å². The van der Waals surface area contributed by atoms with Crippen molar-refractivity contribution in [2.45, 2.75) is 4.90 Å². The van der Waals surface area contributed by atoms with Gasteiger partial charge in [-0.15, -0.1) is 0 Å². The number of rotatable bonds is 5. The molecule has 0 fully saturated rings. The van der Waals surface area contributed by atoms with Crippen molar-refractivity contribution in [1.82, 2.24) is 19.7 Å². The van der Waals surface area contributed by atoms with Crippen LogP contribution >= 0.6 is 11.9 Å². The zero-order valence-electron chi connectivity index (χ0n) is 13.8. The molecule has 0 saturated carbocycles. The highest BCUT2D eigenvalue weighted by Crippen LogP contribution is 2.35. The van der Waals surface area contributed by atoms with Crippen LogP contribution in [0.25, 0.3) is 21.9 Å². The molecule has 4 aromatic rings. The minimum absolute atomic E-state index is 0.760. The molecule has 0 atom stereocenters. The first-order valence-corrected chi connectivity index (χ1v) is 8.62. The van der Waals surface area contributed by atoms with E-state index in [1.54, 1.807) is 25.4 Å². The number of aromatic amines is 1. The van der Waals surface area contributed by atoms with Gasteiger partial charge in [0.25, 0.3) is 0 Å². The van der Waals surface area contributed by atoms with Crippen molar-refractivity contribution in [3.8, 4) is 5.75 Å². The first-order chi connectivity index (χ1) is 12.3. The van der Waals surface area contributed by atoms with E-state index in [0.717, 1.165) is 44.1 Å². The number of nitrogens with zero attached hydrogens (tertiary/aromatic N) is 2. The van der Waals surface area contributed by atoms with Gasteiger partial charge in [0, 0.05) is 16.0 Å². The van der Waals surface area contributed by atoms with Crippen molar-refractivity contribution < 1.29 is 4.74 Å². The average Bonchev–Trinajstić information content (AvgIpc) is 3.02. The summed E-state index contributed by atoms with van der Waals surface area (Å²) in [6.45, 7) is 0. The fourth-order valence-electron chi connectivity index (χ4n) is 2.88. The molecule has 0 spiro atoms. The molecule has 0 aliphatic heterocycles. The molecule has 126 valence electrons. The molecule has 3 N–H and O–H groups in total. The van der Waals surface area contributed by atoms with E-state index < -0.39 is 0 Å². The van der Waals surface area contributed by atoms with Crippen molar-refractivity contribution in [3.63, 3.8) is 0 Å². The van der Waals surface area contributed by atoms with Gasteiger partial charge in [-0.25, -0.2) is 9.97 Å². The molecule has 0 aliphatic rings. The average molecular weight is 351 g/mol. The maximum Gasteiger partial charge on any atom is 0.144 e. The first kappa shape index (κ1) is 15.7. The van der Waals surface area contributed by atoms with Crippen LogP contribution in [0.4, 0.5) is 11.5 Å². The van der Waals surface area contributed by atoms with Gasteiger partial charge in [0.2, 0.25) is 0 Å². The molecule has 0 unspecified atom stereocenters. The van der Waals surface area contributed by atoms with Crippen LogP contribution in [-0.2, 0) is 0 Å². The number of nitrogens with one attached hydrogen (secondary N) is 3. The van der Waals surface area contributed by atoms with Crippen molar-refractivity contribution in [2.24, 2.45) is 0 Å². The molecule has 7 heteroatoms. The molecule has 4 rings (SSSR count). The van der Waals surface area contributed by atoms with Gasteiger partial charge in [-0.1, -0.05) is 18.2 Å². The summed E-state index contributed by atoms with van der Waals surface area (Å²) in [5.41, 5.74) is 2.67. The second-order valence-electron chi connectivity index (χ2n) is 5.41. The molecular weight excluding hydrogens is 334 g/mol. The Kier molecular flexibility index (Phi) is 4.17. The van der Waals surface area contributed by atoms with Crippen LogP contribution in [0.1, 0.15) is 0 Å². The van der Waals surface area contributed by atoms with Gasteiger partial charge in [-0.3, -0.25) is 4.72 Å². The maximum atomic E-state index is 5.45. The lowest BCUT2D eigenvalue weighted by atomic mass is 10.2. The van der Waals surface area contributed by atoms with E-state index >= 15 is 0 Å². The summed E-state index contributed by atoms with van der Waals surface area (Å²) >= 11 is 1.57. The smallest absolute Gasteiger partial charge is 0.144 e. The van der Waals surface area contributed by atoms with Gasteiger partial charge >= 0.3 is 0 Å². The number of methoxy groups -OCH3 is 1. The van der Waals surface area contributed by atoms with Crippen LogP contribution in [0.5, 0.6) is 5.75 Å². The number of para-hydroxylation sites is 1. The molecule has 2 aromatic heterocycles. The maximum absolute atomic E-state index is 5.45. The summed E-state index contributed by atoms with van der Waals surface area (Å²) in [6.07, 6.45) is 1.55. The van der Waals surface area contributed by atoms with Crippen LogP contribution in [0, 0.1) is 0 Å². The van der Waals surface area contributed by atoms with E-state index in [2.05, 4.69) is 37.1 Å². The number of aromatic nitrogens is 3. The molecule has 6 nitrogen and oxygen atoms in total. The number of hydrogen-bond acceptors (Lipinski definition) is 6. The highest BCUT2D eigenvalue weighted by atomic mass is 32.2. The van der Waals surface area contributed by atoms with Crippen molar-refractivity contribution in [1.29, 1.82) is 0 Å². The van der Waals surface area contributed by atoms with Gasteiger partial charge in [-0.05, 0) is 43.3 Å². The largest absolute Gasteiger partial charge is 0.495 e. The van der Waals surface area contributed by atoms with Crippen molar-refractivity contribution in [2.75, 3.05) is 19.5 Å². The summed E-state index contributed by atoms with van der Waals surface area (Å²) in [5.74, 6) is 1.55. The fourth-order valence-corrected chi connectivity index (χ4v) is 3.45. The summed E-state index contributed by atoms with van der Waals surface area (Å²) in [4.78, 5) is 13.3. The zero-order valence-corrected chi connectivity index (χ0v) is 14.6. The number of H-pyrrole nitrogens is 1. The predicted molar refractivity (Wildman–Crippen MR) is 103 cm³/mol. The van der Waals surface area contributed by atoms with Gasteiger partial charge in [0.05, 0.1) is 18.0 Å². The normalized spacial score (nSPS) is 11.1. The topological polar surface area (TPSA) is 74.9 Å². The molecule has 0 amide bonds. The van der Waals surface area contributed by atoms with Crippen molar-refractivity contribution >= 4 is 45.4 Å². The fraction of sp³-hybridized carbons (Fsp3) is 0.111. The van der Waals surface area contributed by atoms with E-state index in [1.165, 1.54) is 0 Å². The number of anilines is 2. The summed E-state index contributed by atoms with van der Waals surface area (Å²) < 4.78 is 8.53. The molecule has 0 aliphatic carbocycles. The quantitative estimate of drug-likeness (QED) is 0.470. The second kappa shape index (κ2) is 6.62. The zero-order chi connectivity index (χ0) is 17.2. The Labute approximate surface area is 149 Å². The third-order valence-electron chi connectivity index (χ3n) is 3.92. The lowest BCUT2D eigenvalue weighted by Gasteiger charge is -2.08. The Balaban J connectivity index is 1.83. The Hall–Kier alpha value is -2.77. The van der Waals surface area contributed by atoms with E-state index in [9.17, 15) is 0 Å². The van der Waals surface area contributed by atoms with Gasteiger partial charge in [0.1, 0.15) is 23.5 Å². The number of fused-ring (bicyclic) bond motifs is 3. The summed E-state index contributed by atoms with van der Waals surface area (Å²) in [6, 6.07) is 14.1. The van der Waals surface area contributed by atoms with Crippen LogP contribution in [0.3, 0.4) is 0 Å². The highest BCUT2D eigenvalue weighted by Gasteiger charge is 2.14. The van der Waals surface area contributed by atoms with Crippen LogP contribution < -0.4 is 14.8 Å². The Morgan fingerprint density at radius 3 is 2.84 bits per heavy atom. The molecule has 0 radical (unpaired) electrons. The minimum atomic E-state index is 0.760. The summed E-state index contributed by atoms with van der Waals surface area (Å²) in [7, 11) is 3.56. The Morgan fingerprint density at radius 2 is 2.00 bits per heavy atom. The van der Waals surface area contributed by atoms with Crippen LogP contribution in [0.2, 0.25) is 0 Å². The van der Waals surface area contributed by atoms with Gasteiger partial charge in [-0.2, -0.15) is 0 Å². The number of hydrogen-bond donors (Lipinski definition) is 3. The van der Waals surface area contributed by atoms with Crippen LogP contribution in [-0.4, -0.2) is 29.1 Å². The summed E-state index contributed by atoms with van der Waals surface area (Å²) in [5, 5.41) is 5.38. The number of benzene rings is 2. The highest BCUT2D eigenvalue weighted by molar-refractivity contribution is 7.97. The Bertz CT molecular complexity index is 1050. The molecule has 25 heavy (non-hydrogen) atoms. The lowest BCUT2D eigenvalue weighted by molar-refractivity contribution is 0.419. The lowest BCUT2D eigenvalue weighted by Crippen LogP contribution is -1.96. The molecule has 2 aromatic carbocycles. The Morgan fingerprint density at radius 1 is 1.12 bits per heavy atom. The third kappa shape index (κ3) is 2.88. The van der Waals surface area contributed by atoms with E-state index in [4.69, 9.17) is 4.74 Å². The molecule has 2 heterocycles. The first-order valence-electron chi connectivity index (χ1n) is 7.80. The second-order valence-corrected chi connectivity index (χ2v) is 6.50. The van der Waals surface area contributed by atoms with Crippen LogP contribution in [0.15, 0.2) is 53.7 Å². The van der Waals surface area contributed by atoms with E-state index in [-0.39, 0.29) is 0 Å². The molecule has 0 saturated heterocycles. The number of ether oxygens (including phenoxy) is 1. The van der Waals surface area contributed by atoms with Crippen molar-refractivity contribution in [3.05, 3.63) is 48.8 Å². The minimum Gasteiger partial charge on any atom is -0.495 e. The third-order valence-corrected chi connectivity index (χ3v) is 4.62. The predicted octanol–water partition coefficient (Wildman–Crippen LogP) is 4.09.